The lowest BCUT2D eigenvalue weighted by atomic mass is 10.1. The first-order chi connectivity index (χ1) is 11.2. The average Bonchev–Trinajstić information content (AvgIpc) is 3.23. The highest BCUT2D eigenvalue weighted by Gasteiger charge is 2.20. The van der Waals surface area contributed by atoms with Crippen LogP contribution in [0.4, 0.5) is 0 Å². The van der Waals surface area contributed by atoms with Crippen LogP contribution >= 0.6 is 0 Å². The number of aromatic nitrogens is 6. The minimum Gasteiger partial charge on any atom is -0.342 e. The van der Waals surface area contributed by atoms with Crippen molar-refractivity contribution in [1.29, 1.82) is 0 Å². The van der Waals surface area contributed by atoms with Gasteiger partial charge in [-0.3, -0.25) is 4.79 Å². The topological polar surface area (TPSA) is 90.5 Å². The van der Waals surface area contributed by atoms with Crippen molar-refractivity contribution < 1.29 is 4.79 Å². The molecule has 2 heterocycles. The second-order valence-electron chi connectivity index (χ2n) is 5.13. The summed E-state index contributed by atoms with van der Waals surface area (Å²) in [7, 11) is 1.91. The van der Waals surface area contributed by atoms with E-state index in [1.807, 2.05) is 48.1 Å². The van der Waals surface area contributed by atoms with E-state index in [9.17, 15) is 4.79 Å². The summed E-state index contributed by atoms with van der Waals surface area (Å²) in [6.07, 6.45) is 5.36. The molecule has 2 aromatic heterocycles. The van der Waals surface area contributed by atoms with Gasteiger partial charge in [-0.15, -0.1) is 5.10 Å². The number of benzene rings is 1. The summed E-state index contributed by atoms with van der Waals surface area (Å²) in [5.41, 5.74) is 0.984. The van der Waals surface area contributed by atoms with Crippen molar-refractivity contribution >= 4 is 5.91 Å². The molecule has 0 aliphatic carbocycles. The molecule has 1 unspecified atom stereocenters. The number of nitrogens with one attached hydrogen (secondary N) is 1. The molecule has 0 saturated carbocycles. The van der Waals surface area contributed by atoms with Crippen molar-refractivity contribution in [3.05, 3.63) is 60.4 Å². The third-order valence-corrected chi connectivity index (χ3v) is 3.51. The highest BCUT2D eigenvalue weighted by molar-refractivity contribution is 5.76. The van der Waals surface area contributed by atoms with Crippen LogP contribution in [-0.2, 0) is 18.4 Å². The maximum absolute atomic E-state index is 12.3. The van der Waals surface area contributed by atoms with Crippen LogP contribution in [0.2, 0.25) is 0 Å². The Morgan fingerprint density at radius 1 is 1.30 bits per heavy atom. The number of amides is 1. The number of nitrogens with zero attached hydrogens (tertiary/aromatic N) is 6. The van der Waals surface area contributed by atoms with Gasteiger partial charge in [-0.2, -0.15) is 0 Å². The molecule has 3 aromatic rings. The van der Waals surface area contributed by atoms with Crippen LogP contribution in [0.5, 0.6) is 0 Å². The summed E-state index contributed by atoms with van der Waals surface area (Å²) in [6.45, 7) is 0.431. The molecule has 8 nitrogen and oxygen atoms in total. The monoisotopic (exact) mass is 311 g/mol. The maximum atomic E-state index is 12.3. The van der Waals surface area contributed by atoms with Gasteiger partial charge < -0.3 is 9.88 Å². The fraction of sp³-hybridized carbons (Fsp3) is 0.267. The molecule has 1 N–H and O–H groups in total. The Hall–Kier alpha value is -3.03. The largest absolute Gasteiger partial charge is 0.342 e. The lowest BCUT2D eigenvalue weighted by Gasteiger charge is -2.19. The van der Waals surface area contributed by atoms with Crippen LogP contribution in [0, 0.1) is 0 Å². The summed E-state index contributed by atoms with van der Waals surface area (Å²) in [5.74, 6) is 0.698. The number of hydrogen-bond donors (Lipinski definition) is 1. The molecule has 0 bridgehead atoms. The van der Waals surface area contributed by atoms with Crippen LogP contribution in [0.25, 0.3) is 0 Å². The standard InChI is InChI=1S/C15H17N7O/c1-21-10-8-16-15(21)14(12-5-3-2-4-6-12)18-13(23)7-9-22-11-17-19-20-22/h2-6,8,10-11,14H,7,9H2,1H3,(H,18,23). The predicted molar refractivity (Wildman–Crippen MR) is 82.1 cm³/mol. The molecule has 1 aromatic carbocycles. The second-order valence-corrected chi connectivity index (χ2v) is 5.13. The summed E-state index contributed by atoms with van der Waals surface area (Å²) < 4.78 is 3.43. The van der Waals surface area contributed by atoms with Crippen molar-refractivity contribution in [1.82, 2.24) is 35.1 Å². The molecule has 3 rings (SSSR count). The van der Waals surface area contributed by atoms with Crippen molar-refractivity contribution in [3.63, 3.8) is 0 Å². The van der Waals surface area contributed by atoms with Crippen molar-refractivity contribution in [2.75, 3.05) is 0 Å². The highest BCUT2D eigenvalue weighted by Crippen LogP contribution is 2.20. The number of imidazole rings is 1. The lowest BCUT2D eigenvalue weighted by molar-refractivity contribution is -0.121. The van der Waals surface area contributed by atoms with Gasteiger partial charge in [-0.05, 0) is 16.0 Å². The highest BCUT2D eigenvalue weighted by atomic mass is 16.1. The fourth-order valence-corrected chi connectivity index (χ4v) is 2.33. The third kappa shape index (κ3) is 3.60. The molecule has 118 valence electrons. The van der Waals surface area contributed by atoms with Gasteiger partial charge in [0.05, 0.1) is 6.54 Å². The molecule has 0 aliphatic rings. The van der Waals surface area contributed by atoms with Crippen molar-refractivity contribution in [2.45, 2.75) is 19.0 Å². The van der Waals surface area contributed by atoms with E-state index < -0.39 is 0 Å². The molecule has 1 atom stereocenters. The predicted octanol–water partition coefficient (Wildman–Crippen LogP) is 0.702. The zero-order valence-corrected chi connectivity index (χ0v) is 12.7. The van der Waals surface area contributed by atoms with E-state index in [2.05, 4.69) is 25.8 Å². The van der Waals surface area contributed by atoms with Crippen LogP contribution < -0.4 is 5.32 Å². The number of aryl methyl sites for hydroxylation is 2. The van der Waals surface area contributed by atoms with Gasteiger partial charge in [0.15, 0.2) is 0 Å². The van der Waals surface area contributed by atoms with Crippen molar-refractivity contribution in [3.8, 4) is 0 Å². The lowest BCUT2D eigenvalue weighted by Crippen LogP contribution is -2.31. The number of carbonyl (C=O) groups excluding carboxylic acids is 1. The zero-order chi connectivity index (χ0) is 16.1. The quantitative estimate of drug-likeness (QED) is 0.724. The molecule has 0 fully saturated rings. The number of rotatable bonds is 6. The number of hydrogen-bond acceptors (Lipinski definition) is 5. The van der Waals surface area contributed by atoms with E-state index in [-0.39, 0.29) is 11.9 Å². The van der Waals surface area contributed by atoms with Gasteiger partial charge in [0, 0.05) is 25.9 Å². The molecule has 0 radical (unpaired) electrons. The van der Waals surface area contributed by atoms with E-state index in [1.165, 1.54) is 11.0 Å². The second kappa shape index (κ2) is 6.82. The van der Waals surface area contributed by atoms with Gasteiger partial charge in [-0.1, -0.05) is 30.3 Å². The van der Waals surface area contributed by atoms with Gasteiger partial charge >= 0.3 is 0 Å². The third-order valence-electron chi connectivity index (χ3n) is 3.51. The zero-order valence-electron chi connectivity index (χ0n) is 12.7. The van der Waals surface area contributed by atoms with Crippen LogP contribution in [0.3, 0.4) is 0 Å². The van der Waals surface area contributed by atoms with E-state index in [0.29, 0.717) is 13.0 Å². The normalized spacial score (nSPS) is 12.0. The Balaban J connectivity index is 1.74. The summed E-state index contributed by atoms with van der Waals surface area (Å²) in [5, 5.41) is 13.9. The summed E-state index contributed by atoms with van der Waals surface area (Å²) in [4.78, 5) is 16.7. The minimum atomic E-state index is -0.294. The molecule has 1 amide bonds. The van der Waals surface area contributed by atoms with E-state index in [1.54, 1.807) is 6.20 Å². The molecule has 8 heteroatoms. The average molecular weight is 311 g/mol. The van der Waals surface area contributed by atoms with E-state index >= 15 is 0 Å². The number of carbonyl (C=O) groups is 1. The number of tetrazole rings is 1. The Kier molecular flexibility index (Phi) is 4.41. The Morgan fingerprint density at radius 3 is 2.78 bits per heavy atom. The molecule has 0 spiro atoms. The Labute approximate surface area is 133 Å². The van der Waals surface area contributed by atoms with Gasteiger partial charge in [0.2, 0.25) is 5.91 Å². The van der Waals surface area contributed by atoms with Crippen LogP contribution in [-0.4, -0.2) is 35.7 Å². The maximum Gasteiger partial charge on any atom is 0.222 e. The van der Waals surface area contributed by atoms with Crippen LogP contribution in [0.15, 0.2) is 49.1 Å². The Bertz CT molecular complexity index is 751. The van der Waals surface area contributed by atoms with Gasteiger partial charge in [-0.25, -0.2) is 9.67 Å². The molecular formula is C15H17N7O. The SMILES string of the molecule is Cn1ccnc1C(NC(=O)CCn1cnnn1)c1ccccc1. The minimum absolute atomic E-state index is 0.0858. The molecule has 0 aliphatic heterocycles. The molecular weight excluding hydrogens is 294 g/mol. The van der Waals surface area contributed by atoms with Crippen LogP contribution in [0.1, 0.15) is 23.9 Å². The van der Waals surface area contributed by atoms with Gasteiger partial charge in [0.1, 0.15) is 18.2 Å². The van der Waals surface area contributed by atoms with Crippen molar-refractivity contribution in [2.24, 2.45) is 7.05 Å². The first-order valence-electron chi connectivity index (χ1n) is 7.26. The summed E-state index contributed by atoms with van der Waals surface area (Å²) in [6, 6.07) is 9.48. The molecule has 23 heavy (non-hydrogen) atoms. The molecule has 0 saturated heterocycles. The van der Waals surface area contributed by atoms with E-state index in [0.717, 1.165) is 11.4 Å². The summed E-state index contributed by atoms with van der Waals surface area (Å²) >= 11 is 0. The first-order valence-corrected chi connectivity index (χ1v) is 7.26. The van der Waals surface area contributed by atoms with Gasteiger partial charge in [0.25, 0.3) is 0 Å². The fourth-order valence-electron chi connectivity index (χ4n) is 2.33. The Morgan fingerprint density at radius 2 is 2.13 bits per heavy atom. The smallest absolute Gasteiger partial charge is 0.222 e. The van der Waals surface area contributed by atoms with E-state index in [4.69, 9.17) is 0 Å². The first kappa shape index (κ1) is 14.9.